The van der Waals surface area contributed by atoms with Gasteiger partial charge in [-0.25, -0.2) is 4.79 Å². The standard InChI is InChI=1S/C6H9ClN2O/c7-5-2-1-4-3-9(5)6(10)8-4/h4-5H,1-3H2,(H,8,10)/t4-,5+/m1/s1. The molecule has 0 aliphatic carbocycles. The van der Waals surface area contributed by atoms with Crippen molar-refractivity contribution in [1.82, 2.24) is 10.2 Å². The van der Waals surface area contributed by atoms with Gasteiger partial charge < -0.3 is 10.2 Å². The molecule has 4 heteroatoms. The van der Waals surface area contributed by atoms with Crippen molar-refractivity contribution in [2.75, 3.05) is 6.54 Å². The molecule has 2 aliphatic heterocycles. The maximum Gasteiger partial charge on any atom is 0.318 e. The summed E-state index contributed by atoms with van der Waals surface area (Å²) in [5, 5.41) is 2.85. The molecule has 2 fully saturated rings. The fraction of sp³-hybridized carbons (Fsp3) is 0.833. The molecule has 0 unspecified atom stereocenters. The fourth-order valence-corrected chi connectivity index (χ4v) is 1.82. The molecule has 56 valence electrons. The van der Waals surface area contributed by atoms with Gasteiger partial charge in [-0.2, -0.15) is 0 Å². The Morgan fingerprint density at radius 1 is 1.60 bits per heavy atom. The van der Waals surface area contributed by atoms with Crippen LogP contribution in [0.2, 0.25) is 0 Å². The number of rotatable bonds is 0. The molecule has 2 rings (SSSR count). The van der Waals surface area contributed by atoms with Gasteiger partial charge in [0.15, 0.2) is 0 Å². The van der Waals surface area contributed by atoms with E-state index in [1.54, 1.807) is 4.90 Å². The van der Waals surface area contributed by atoms with E-state index >= 15 is 0 Å². The lowest BCUT2D eigenvalue weighted by atomic mass is 10.1. The second-order valence-corrected chi connectivity index (χ2v) is 3.31. The highest BCUT2D eigenvalue weighted by molar-refractivity contribution is 6.21. The number of hydrogen-bond acceptors (Lipinski definition) is 1. The topological polar surface area (TPSA) is 32.3 Å². The van der Waals surface area contributed by atoms with E-state index < -0.39 is 0 Å². The zero-order valence-corrected chi connectivity index (χ0v) is 6.27. The van der Waals surface area contributed by atoms with E-state index in [0.29, 0.717) is 6.04 Å². The highest BCUT2D eigenvalue weighted by atomic mass is 35.5. The minimum atomic E-state index is -0.0706. The highest BCUT2D eigenvalue weighted by Crippen LogP contribution is 2.24. The molecule has 10 heavy (non-hydrogen) atoms. The Bertz CT molecular complexity index is 173. The van der Waals surface area contributed by atoms with E-state index in [-0.39, 0.29) is 11.5 Å². The van der Waals surface area contributed by atoms with Crippen LogP contribution in [-0.2, 0) is 0 Å². The lowest BCUT2D eigenvalue weighted by Crippen LogP contribution is -2.36. The smallest absolute Gasteiger partial charge is 0.318 e. The molecule has 0 aromatic heterocycles. The molecule has 0 aromatic rings. The van der Waals surface area contributed by atoms with Crippen molar-refractivity contribution in [3.8, 4) is 0 Å². The number of carbonyl (C=O) groups is 1. The molecular formula is C6H9ClN2O. The number of alkyl halides is 1. The lowest BCUT2D eigenvalue weighted by Gasteiger charge is -2.25. The summed E-state index contributed by atoms with van der Waals surface area (Å²) in [4.78, 5) is 12.7. The Morgan fingerprint density at radius 2 is 2.40 bits per heavy atom. The number of piperidine rings is 1. The molecule has 2 atom stereocenters. The van der Waals surface area contributed by atoms with Gasteiger partial charge in [0, 0.05) is 12.6 Å². The quantitative estimate of drug-likeness (QED) is 0.412. The third-order valence-corrected chi connectivity index (χ3v) is 2.55. The zero-order chi connectivity index (χ0) is 7.14. The molecule has 0 spiro atoms. The van der Waals surface area contributed by atoms with E-state index in [4.69, 9.17) is 11.6 Å². The van der Waals surface area contributed by atoms with E-state index in [0.717, 1.165) is 19.4 Å². The van der Waals surface area contributed by atoms with Crippen LogP contribution in [0.5, 0.6) is 0 Å². The van der Waals surface area contributed by atoms with Crippen molar-refractivity contribution >= 4 is 17.6 Å². The molecule has 2 amide bonds. The normalized spacial score (nSPS) is 38.1. The van der Waals surface area contributed by atoms with Crippen LogP contribution in [0, 0.1) is 0 Å². The first-order valence-corrected chi connectivity index (χ1v) is 3.92. The maximum absolute atomic E-state index is 11.0. The summed E-state index contributed by atoms with van der Waals surface area (Å²) in [5.74, 6) is 0. The van der Waals surface area contributed by atoms with Gasteiger partial charge in [0.25, 0.3) is 0 Å². The monoisotopic (exact) mass is 160 g/mol. The van der Waals surface area contributed by atoms with E-state index in [9.17, 15) is 4.79 Å². The van der Waals surface area contributed by atoms with E-state index in [1.807, 2.05) is 0 Å². The summed E-state index contributed by atoms with van der Waals surface area (Å²) in [6.45, 7) is 0.799. The summed E-state index contributed by atoms with van der Waals surface area (Å²) in [5.41, 5.74) is -0.0706. The fourth-order valence-electron chi connectivity index (χ4n) is 1.52. The number of nitrogens with one attached hydrogen (secondary N) is 1. The van der Waals surface area contributed by atoms with Gasteiger partial charge in [0.1, 0.15) is 5.50 Å². The van der Waals surface area contributed by atoms with Crippen molar-refractivity contribution < 1.29 is 4.79 Å². The molecule has 2 bridgehead atoms. The Hall–Kier alpha value is -0.440. The number of fused-ring (bicyclic) bond motifs is 2. The molecule has 3 nitrogen and oxygen atoms in total. The average Bonchev–Trinajstić information content (AvgIpc) is 2.21. The largest absolute Gasteiger partial charge is 0.333 e. The molecule has 0 radical (unpaired) electrons. The molecule has 2 heterocycles. The van der Waals surface area contributed by atoms with Gasteiger partial charge in [0.05, 0.1) is 0 Å². The molecule has 0 saturated carbocycles. The van der Waals surface area contributed by atoms with Crippen molar-refractivity contribution in [2.24, 2.45) is 0 Å². The summed E-state index contributed by atoms with van der Waals surface area (Å²) >= 11 is 5.87. The summed E-state index contributed by atoms with van der Waals surface area (Å²) in [7, 11) is 0. The number of halogens is 1. The Kier molecular flexibility index (Phi) is 1.27. The van der Waals surface area contributed by atoms with E-state index in [1.165, 1.54) is 0 Å². The van der Waals surface area contributed by atoms with Crippen LogP contribution in [0.25, 0.3) is 0 Å². The van der Waals surface area contributed by atoms with Gasteiger partial charge in [0.2, 0.25) is 0 Å². The highest BCUT2D eigenvalue weighted by Gasteiger charge is 2.37. The van der Waals surface area contributed by atoms with Gasteiger partial charge in [-0.15, -0.1) is 0 Å². The number of carbonyl (C=O) groups excluding carboxylic acids is 1. The summed E-state index contributed by atoms with van der Waals surface area (Å²) in [6, 6.07) is 0.366. The SMILES string of the molecule is O=C1N[C@@H]2CC[C@@H](Cl)N1C2. The number of amides is 2. The molecule has 0 aromatic carbocycles. The van der Waals surface area contributed by atoms with Gasteiger partial charge in [-0.3, -0.25) is 0 Å². The van der Waals surface area contributed by atoms with Crippen LogP contribution in [0.1, 0.15) is 12.8 Å². The number of nitrogens with zero attached hydrogens (tertiary/aromatic N) is 1. The van der Waals surface area contributed by atoms with Crippen molar-refractivity contribution in [2.45, 2.75) is 24.4 Å². The molecule has 1 N–H and O–H groups in total. The van der Waals surface area contributed by atoms with Gasteiger partial charge in [-0.05, 0) is 12.8 Å². The minimum absolute atomic E-state index is 0.00231. The Labute approximate surface area is 64.3 Å². The van der Waals surface area contributed by atoms with Crippen molar-refractivity contribution in [1.29, 1.82) is 0 Å². The predicted molar refractivity (Wildman–Crippen MR) is 37.9 cm³/mol. The van der Waals surface area contributed by atoms with Crippen LogP contribution in [0.3, 0.4) is 0 Å². The Balaban J connectivity index is 2.17. The first kappa shape index (κ1) is 6.28. The molecule has 2 aliphatic rings. The van der Waals surface area contributed by atoms with Crippen LogP contribution in [0.4, 0.5) is 4.79 Å². The third kappa shape index (κ3) is 0.770. The minimum Gasteiger partial charge on any atom is -0.333 e. The average molecular weight is 161 g/mol. The summed E-state index contributed by atoms with van der Waals surface area (Å²) in [6.07, 6.45) is 1.95. The first-order valence-electron chi connectivity index (χ1n) is 3.48. The van der Waals surface area contributed by atoms with Crippen LogP contribution >= 0.6 is 11.6 Å². The van der Waals surface area contributed by atoms with Crippen LogP contribution in [-0.4, -0.2) is 29.0 Å². The molecule has 2 saturated heterocycles. The molecular weight excluding hydrogens is 152 g/mol. The van der Waals surface area contributed by atoms with E-state index in [2.05, 4.69) is 5.32 Å². The predicted octanol–water partition coefficient (Wildman–Crippen LogP) is 0.739. The van der Waals surface area contributed by atoms with Crippen LogP contribution < -0.4 is 5.32 Å². The maximum atomic E-state index is 11.0. The van der Waals surface area contributed by atoms with Gasteiger partial charge in [-0.1, -0.05) is 11.6 Å². The number of urea groups is 1. The Morgan fingerprint density at radius 3 is 3.10 bits per heavy atom. The second kappa shape index (κ2) is 2.02. The number of hydrogen-bond donors (Lipinski definition) is 1. The van der Waals surface area contributed by atoms with Crippen molar-refractivity contribution in [3.63, 3.8) is 0 Å². The van der Waals surface area contributed by atoms with Crippen LogP contribution in [0.15, 0.2) is 0 Å². The van der Waals surface area contributed by atoms with Crippen molar-refractivity contribution in [3.05, 3.63) is 0 Å². The third-order valence-electron chi connectivity index (χ3n) is 2.10. The second-order valence-electron chi connectivity index (χ2n) is 2.81. The zero-order valence-electron chi connectivity index (χ0n) is 5.51. The first-order chi connectivity index (χ1) is 4.77. The van der Waals surface area contributed by atoms with Gasteiger partial charge >= 0.3 is 6.03 Å². The summed E-state index contributed by atoms with van der Waals surface area (Å²) < 4.78 is 0. The lowest BCUT2D eigenvalue weighted by molar-refractivity contribution is 0.207.